The van der Waals surface area contributed by atoms with E-state index in [0.717, 1.165) is 13.0 Å². The van der Waals surface area contributed by atoms with E-state index >= 15 is 0 Å². The summed E-state index contributed by atoms with van der Waals surface area (Å²) in [5.74, 6) is 0. The third kappa shape index (κ3) is 1.88. The van der Waals surface area contributed by atoms with E-state index in [0.29, 0.717) is 0 Å². The lowest BCUT2D eigenvalue weighted by Gasteiger charge is -2.17. The van der Waals surface area contributed by atoms with Gasteiger partial charge in [-0.3, -0.25) is 0 Å². The molecule has 14 heavy (non-hydrogen) atoms. The number of aryl methyl sites for hydroxylation is 1. The van der Waals surface area contributed by atoms with Crippen molar-refractivity contribution in [3.05, 3.63) is 41.5 Å². The highest BCUT2D eigenvalue weighted by molar-refractivity contribution is 5.70. The van der Waals surface area contributed by atoms with Crippen LogP contribution in [0.5, 0.6) is 0 Å². The minimum atomic E-state index is 0.820. The van der Waals surface area contributed by atoms with Gasteiger partial charge in [0.2, 0.25) is 0 Å². The molecule has 0 unspecified atom stereocenters. The molecule has 1 nitrogen and oxygen atoms in total. The van der Waals surface area contributed by atoms with Crippen LogP contribution in [0.1, 0.15) is 24.0 Å². The molecule has 0 amide bonds. The zero-order valence-corrected chi connectivity index (χ0v) is 8.62. The molecule has 1 aliphatic carbocycles. The van der Waals surface area contributed by atoms with Gasteiger partial charge in [-0.1, -0.05) is 30.3 Å². The number of hydrogen-bond acceptors (Lipinski definition) is 1. The monoisotopic (exact) mass is 188 g/mol. The number of ether oxygens (including phenoxy) is 1. The molecule has 0 saturated carbocycles. The summed E-state index contributed by atoms with van der Waals surface area (Å²) in [6.45, 7) is 0.820. The van der Waals surface area contributed by atoms with Crippen LogP contribution in [0.4, 0.5) is 0 Å². The van der Waals surface area contributed by atoms with Gasteiger partial charge in [-0.15, -0.1) is 0 Å². The molecule has 1 heteroatoms. The molecule has 2 rings (SSSR count). The number of benzene rings is 1. The average molecular weight is 188 g/mol. The van der Waals surface area contributed by atoms with Crippen molar-refractivity contribution in [1.82, 2.24) is 0 Å². The highest BCUT2D eigenvalue weighted by Gasteiger charge is 2.10. The van der Waals surface area contributed by atoms with Crippen molar-refractivity contribution in [2.45, 2.75) is 19.3 Å². The van der Waals surface area contributed by atoms with E-state index in [2.05, 4.69) is 30.3 Å². The molecular weight excluding hydrogens is 172 g/mol. The summed E-state index contributed by atoms with van der Waals surface area (Å²) in [5.41, 5.74) is 4.37. The van der Waals surface area contributed by atoms with E-state index in [9.17, 15) is 0 Å². The molecule has 0 heterocycles. The lowest BCUT2D eigenvalue weighted by atomic mass is 9.89. The van der Waals surface area contributed by atoms with Crippen LogP contribution in [0.15, 0.2) is 30.3 Å². The number of allylic oxidation sites excluding steroid dienone is 1. The fraction of sp³-hybridized carbons (Fsp3) is 0.385. The number of hydrogen-bond donors (Lipinski definition) is 0. The molecule has 0 saturated heterocycles. The third-order valence-electron chi connectivity index (χ3n) is 2.74. The van der Waals surface area contributed by atoms with Crippen LogP contribution < -0.4 is 0 Å². The number of methoxy groups -OCH3 is 1. The molecule has 1 aromatic rings. The van der Waals surface area contributed by atoms with E-state index in [1.54, 1.807) is 7.11 Å². The Balaban J connectivity index is 2.22. The second-order valence-corrected chi connectivity index (χ2v) is 3.67. The largest absolute Gasteiger partial charge is 0.384 e. The van der Waals surface area contributed by atoms with Gasteiger partial charge in [0.25, 0.3) is 0 Å². The first-order valence-electron chi connectivity index (χ1n) is 5.18. The summed E-state index contributed by atoms with van der Waals surface area (Å²) >= 11 is 0. The maximum absolute atomic E-state index is 5.12. The van der Waals surface area contributed by atoms with E-state index < -0.39 is 0 Å². The Morgan fingerprint density at radius 2 is 2.14 bits per heavy atom. The van der Waals surface area contributed by atoms with Crippen LogP contribution in [0.3, 0.4) is 0 Å². The topological polar surface area (TPSA) is 9.23 Å². The molecule has 0 fully saturated rings. The fourth-order valence-corrected chi connectivity index (χ4v) is 2.01. The van der Waals surface area contributed by atoms with Crippen molar-refractivity contribution in [3.8, 4) is 0 Å². The van der Waals surface area contributed by atoms with Crippen molar-refractivity contribution >= 4 is 5.57 Å². The Hall–Kier alpha value is -1.08. The molecule has 0 bridgehead atoms. The van der Waals surface area contributed by atoms with E-state index in [1.165, 1.54) is 29.5 Å². The minimum Gasteiger partial charge on any atom is -0.384 e. The maximum atomic E-state index is 5.12. The third-order valence-corrected chi connectivity index (χ3v) is 2.74. The summed E-state index contributed by atoms with van der Waals surface area (Å²) in [4.78, 5) is 0. The van der Waals surface area contributed by atoms with Crippen LogP contribution in [0.25, 0.3) is 5.57 Å². The average Bonchev–Trinajstić information content (AvgIpc) is 2.26. The molecule has 0 aromatic heterocycles. The molecule has 0 aliphatic heterocycles. The quantitative estimate of drug-likeness (QED) is 0.708. The highest BCUT2D eigenvalue weighted by Crippen LogP contribution is 2.28. The Morgan fingerprint density at radius 1 is 1.29 bits per heavy atom. The van der Waals surface area contributed by atoms with Gasteiger partial charge in [0.1, 0.15) is 0 Å². The van der Waals surface area contributed by atoms with Gasteiger partial charge in [0.05, 0.1) is 6.61 Å². The smallest absolute Gasteiger partial charge is 0.0502 e. The first-order chi connectivity index (χ1) is 6.92. The van der Waals surface area contributed by atoms with Crippen molar-refractivity contribution in [2.75, 3.05) is 13.7 Å². The predicted molar refractivity (Wildman–Crippen MR) is 59.2 cm³/mol. The van der Waals surface area contributed by atoms with Crippen molar-refractivity contribution in [1.29, 1.82) is 0 Å². The molecule has 0 atom stereocenters. The van der Waals surface area contributed by atoms with Gasteiger partial charge in [0, 0.05) is 7.11 Å². The van der Waals surface area contributed by atoms with Gasteiger partial charge < -0.3 is 4.74 Å². The van der Waals surface area contributed by atoms with Gasteiger partial charge in [-0.2, -0.15) is 0 Å². The van der Waals surface area contributed by atoms with Crippen LogP contribution >= 0.6 is 0 Å². The van der Waals surface area contributed by atoms with E-state index in [-0.39, 0.29) is 0 Å². The normalized spacial score (nSPS) is 14.8. The molecule has 74 valence electrons. The Labute approximate surface area is 85.4 Å². The number of fused-ring (bicyclic) bond motifs is 1. The van der Waals surface area contributed by atoms with E-state index in [1.807, 2.05) is 0 Å². The molecule has 0 radical (unpaired) electrons. The maximum Gasteiger partial charge on any atom is 0.0502 e. The summed E-state index contributed by atoms with van der Waals surface area (Å²) in [6, 6.07) is 8.69. The molecule has 1 aliphatic rings. The van der Waals surface area contributed by atoms with E-state index in [4.69, 9.17) is 4.74 Å². The summed E-state index contributed by atoms with van der Waals surface area (Å²) in [5, 5.41) is 0. The summed E-state index contributed by atoms with van der Waals surface area (Å²) in [6.07, 6.45) is 5.75. The van der Waals surface area contributed by atoms with Crippen LogP contribution in [-0.4, -0.2) is 13.7 Å². The lowest BCUT2D eigenvalue weighted by Crippen LogP contribution is -2.01. The summed E-state index contributed by atoms with van der Waals surface area (Å²) < 4.78 is 5.12. The first-order valence-corrected chi connectivity index (χ1v) is 5.18. The molecule has 1 aromatic carbocycles. The van der Waals surface area contributed by atoms with Crippen molar-refractivity contribution in [2.24, 2.45) is 0 Å². The zero-order chi connectivity index (χ0) is 9.80. The minimum absolute atomic E-state index is 0.820. The van der Waals surface area contributed by atoms with Crippen LogP contribution in [0, 0.1) is 0 Å². The van der Waals surface area contributed by atoms with Crippen molar-refractivity contribution < 1.29 is 4.74 Å². The second-order valence-electron chi connectivity index (χ2n) is 3.67. The zero-order valence-electron chi connectivity index (χ0n) is 8.62. The highest BCUT2D eigenvalue weighted by atomic mass is 16.5. The standard InChI is InChI=1S/C13H16O/c1-14-10-9-12-7-4-6-11-5-2-3-8-13(11)12/h2-3,5,7-8H,4,6,9-10H2,1H3. The Kier molecular flexibility index (Phi) is 3.00. The van der Waals surface area contributed by atoms with Crippen molar-refractivity contribution in [3.63, 3.8) is 0 Å². The van der Waals surface area contributed by atoms with Gasteiger partial charge >= 0.3 is 0 Å². The van der Waals surface area contributed by atoms with Crippen LogP contribution in [0.2, 0.25) is 0 Å². The Bertz CT molecular complexity index is 339. The lowest BCUT2D eigenvalue weighted by molar-refractivity contribution is 0.206. The van der Waals surface area contributed by atoms with Crippen LogP contribution in [-0.2, 0) is 11.2 Å². The first kappa shape index (κ1) is 9.47. The van der Waals surface area contributed by atoms with Gasteiger partial charge in [-0.25, -0.2) is 0 Å². The van der Waals surface area contributed by atoms with Gasteiger partial charge in [-0.05, 0) is 36.0 Å². The fourth-order valence-electron chi connectivity index (χ4n) is 2.01. The molecule has 0 spiro atoms. The van der Waals surface area contributed by atoms with Gasteiger partial charge in [0.15, 0.2) is 0 Å². The SMILES string of the molecule is COCCC1=CCCc2ccccc21. The second kappa shape index (κ2) is 4.43. The number of rotatable bonds is 3. The Morgan fingerprint density at radius 3 is 3.00 bits per heavy atom. The summed E-state index contributed by atoms with van der Waals surface area (Å²) in [7, 11) is 1.76. The predicted octanol–water partition coefficient (Wildman–Crippen LogP) is 3.05. The molecule has 0 N–H and O–H groups in total. The molecular formula is C13H16O.